The third kappa shape index (κ3) is 3.53. The molecule has 1 aliphatic carbocycles. The van der Waals surface area contributed by atoms with Gasteiger partial charge in [0.2, 0.25) is 0 Å². The largest absolute Gasteiger partial charge is 0.459 e. The van der Waals surface area contributed by atoms with Crippen LogP contribution in [0.5, 0.6) is 0 Å². The summed E-state index contributed by atoms with van der Waals surface area (Å²) in [5, 5.41) is 21.5. The molecule has 0 unspecified atom stereocenters. The van der Waals surface area contributed by atoms with Crippen LogP contribution in [0.15, 0.2) is 18.2 Å². The van der Waals surface area contributed by atoms with Crippen molar-refractivity contribution < 1.29 is 19.4 Å². The molecule has 0 spiro atoms. The van der Waals surface area contributed by atoms with Gasteiger partial charge in [-0.25, -0.2) is 4.79 Å². The molecular weight excluding hydrogens is 280 g/mol. The number of carbonyl (C=O) groups is 1. The van der Waals surface area contributed by atoms with E-state index >= 15 is 0 Å². The molecule has 0 bridgehead atoms. The molecule has 21 heavy (non-hydrogen) atoms. The molecule has 1 aromatic rings. The lowest BCUT2D eigenvalue weighted by atomic mass is 10.1. The molecule has 0 radical (unpaired) electrons. The Balaban J connectivity index is 2.23. The average molecular weight is 294 g/mol. The predicted octanol–water partition coefficient (Wildman–Crippen LogP) is 2.85. The summed E-state index contributed by atoms with van der Waals surface area (Å²) in [6.45, 7) is 2.05. The van der Waals surface area contributed by atoms with Gasteiger partial charge in [-0.3, -0.25) is 20.2 Å². The summed E-state index contributed by atoms with van der Waals surface area (Å²) < 4.78 is 5.25. The summed E-state index contributed by atoms with van der Waals surface area (Å²) >= 11 is 0. The van der Waals surface area contributed by atoms with Gasteiger partial charge in [0.1, 0.15) is 6.10 Å². The summed E-state index contributed by atoms with van der Waals surface area (Å²) in [6.07, 6.45) is 2.20. The quantitative estimate of drug-likeness (QED) is 0.479. The van der Waals surface area contributed by atoms with Crippen molar-refractivity contribution in [1.29, 1.82) is 0 Å². The first kappa shape index (κ1) is 14.9. The Bertz CT molecular complexity index is 568. The van der Waals surface area contributed by atoms with Gasteiger partial charge in [0.15, 0.2) is 0 Å². The van der Waals surface area contributed by atoms with Crippen LogP contribution in [-0.2, 0) is 4.74 Å². The van der Waals surface area contributed by atoms with Gasteiger partial charge in [-0.15, -0.1) is 0 Å². The van der Waals surface area contributed by atoms with E-state index in [1.807, 2.05) is 6.92 Å². The van der Waals surface area contributed by atoms with E-state index in [2.05, 4.69) is 0 Å². The highest BCUT2D eigenvalue weighted by Crippen LogP contribution is 2.29. The smallest absolute Gasteiger partial charge is 0.338 e. The molecule has 0 saturated heterocycles. The van der Waals surface area contributed by atoms with Gasteiger partial charge in [0.05, 0.1) is 21.5 Å². The Morgan fingerprint density at radius 3 is 2.14 bits per heavy atom. The first-order chi connectivity index (χ1) is 9.86. The fourth-order valence-electron chi connectivity index (χ4n) is 2.41. The second kappa shape index (κ2) is 5.86. The van der Waals surface area contributed by atoms with Crippen LogP contribution in [0.1, 0.15) is 36.5 Å². The molecule has 1 saturated carbocycles. The second-order valence-corrected chi connectivity index (χ2v) is 5.20. The number of rotatable bonds is 4. The lowest BCUT2D eigenvalue weighted by Crippen LogP contribution is -2.15. The Kier molecular flexibility index (Phi) is 4.15. The van der Waals surface area contributed by atoms with Gasteiger partial charge in [-0.2, -0.15) is 0 Å². The molecule has 1 fully saturated rings. The number of esters is 1. The number of nitro benzene ring substituents is 2. The minimum atomic E-state index is -0.776. The maximum absolute atomic E-state index is 12.0. The number of carbonyl (C=O) groups excluding carboxylic acids is 1. The molecule has 8 nitrogen and oxygen atoms in total. The highest BCUT2D eigenvalue weighted by molar-refractivity contribution is 5.91. The van der Waals surface area contributed by atoms with E-state index in [4.69, 9.17) is 4.74 Å². The van der Waals surface area contributed by atoms with E-state index in [0.717, 1.165) is 37.5 Å². The predicted molar refractivity (Wildman–Crippen MR) is 72.0 cm³/mol. The van der Waals surface area contributed by atoms with Crippen molar-refractivity contribution >= 4 is 17.3 Å². The van der Waals surface area contributed by atoms with Gasteiger partial charge < -0.3 is 4.74 Å². The monoisotopic (exact) mass is 294 g/mol. The van der Waals surface area contributed by atoms with E-state index in [-0.39, 0.29) is 11.7 Å². The van der Waals surface area contributed by atoms with Gasteiger partial charge in [0.25, 0.3) is 11.4 Å². The van der Waals surface area contributed by atoms with Crippen molar-refractivity contribution in [3.05, 3.63) is 44.0 Å². The number of ether oxygens (including phenoxy) is 1. The summed E-state index contributed by atoms with van der Waals surface area (Å²) in [7, 11) is 0. The minimum Gasteiger partial charge on any atom is -0.459 e. The van der Waals surface area contributed by atoms with Crippen molar-refractivity contribution in [2.24, 2.45) is 5.92 Å². The normalized spacial score (nSPS) is 21.0. The number of benzene rings is 1. The van der Waals surface area contributed by atoms with Crippen molar-refractivity contribution in [3.8, 4) is 0 Å². The fourth-order valence-corrected chi connectivity index (χ4v) is 2.41. The van der Waals surface area contributed by atoms with Gasteiger partial charge in [-0.1, -0.05) is 6.92 Å². The molecule has 2 rings (SSSR count). The third-order valence-corrected chi connectivity index (χ3v) is 3.48. The first-order valence-electron chi connectivity index (χ1n) is 6.51. The van der Waals surface area contributed by atoms with Crippen molar-refractivity contribution in [2.45, 2.75) is 32.3 Å². The molecule has 0 N–H and O–H groups in total. The second-order valence-electron chi connectivity index (χ2n) is 5.20. The van der Waals surface area contributed by atoms with Crippen LogP contribution >= 0.6 is 0 Å². The standard InChI is InChI=1S/C13H14N2O6/c1-8-2-3-12(4-8)21-13(16)9-5-10(14(17)18)7-11(6-9)15(19)20/h5-8,12H,2-4H2,1H3/t8-,12+/m1/s1. The number of hydrogen-bond donors (Lipinski definition) is 0. The van der Waals surface area contributed by atoms with E-state index < -0.39 is 27.2 Å². The van der Waals surface area contributed by atoms with E-state index in [1.54, 1.807) is 0 Å². The Morgan fingerprint density at radius 1 is 1.14 bits per heavy atom. The van der Waals surface area contributed by atoms with E-state index in [9.17, 15) is 25.0 Å². The van der Waals surface area contributed by atoms with Crippen LogP contribution in [0.2, 0.25) is 0 Å². The highest BCUT2D eigenvalue weighted by Gasteiger charge is 2.27. The number of nitrogens with zero attached hydrogens (tertiary/aromatic N) is 2. The summed E-state index contributed by atoms with van der Waals surface area (Å²) in [5.41, 5.74) is -1.18. The zero-order valence-corrected chi connectivity index (χ0v) is 11.4. The molecule has 0 aliphatic heterocycles. The molecule has 0 aromatic heterocycles. The van der Waals surface area contributed by atoms with Crippen molar-refractivity contribution in [2.75, 3.05) is 0 Å². The lowest BCUT2D eigenvalue weighted by Gasteiger charge is -2.11. The highest BCUT2D eigenvalue weighted by atomic mass is 16.6. The van der Waals surface area contributed by atoms with Gasteiger partial charge in [-0.05, 0) is 25.2 Å². The maximum Gasteiger partial charge on any atom is 0.338 e. The summed E-state index contributed by atoms with van der Waals surface area (Å²) in [5.74, 6) is -0.303. The third-order valence-electron chi connectivity index (χ3n) is 3.48. The Morgan fingerprint density at radius 2 is 1.71 bits per heavy atom. The molecule has 1 aliphatic rings. The number of hydrogen-bond acceptors (Lipinski definition) is 6. The summed E-state index contributed by atoms with van der Waals surface area (Å²) in [6, 6.07) is 2.80. The molecule has 0 amide bonds. The van der Waals surface area contributed by atoms with Crippen molar-refractivity contribution in [3.63, 3.8) is 0 Å². The Labute approximate surface area is 120 Å². The lowest BCUT2D eigenvalue weighted by molar-refractivity contribution is -0.394. The van der Waals surface area contributed by atoms with Crippen LogP contribution in [0, 0.1) is 26.1 Å². The summed E-state index contributed by atoms with van der Waals surface area (Å²) in [4.78, 5) is 32.0. The zero-order valence-electron chi connectivity index (χ0n) is 11.4. The van der Waals surface area contributed by atoms with Gasteiger partial charge >= 0.3 is 5.97 Å². The molecule has 0 heterocycles. The maximum atomic E-state index is 12.0. The van der Waals surface area contributed by atoms with Crippen molar-refractivity contribution in [1.82, 2.24) is 0 Å². The van der Waals surface area contributed by atoms with Crippen LogP contribution in [0.25, 0.3) is 0 Å². The van der Waals surface area contributed by atoms with E-state index in [0.29, 0.717) is 5.92 Å². The average Bonchev–Trinajstić information content (AvgIpc) is 2.83. The Hall–Kier alpha value is -2.51. The van der Waals surface area contributed by atoms with E-state index in [1.165, 1.54) is 0 Å². The SMILES string of the molecule is C[C@@H]1CC[C@H](OC(=O)c2cc([N+](=O)[O-])cc([N+](=O)[O-])c2)C1. The molecule has 112 valence electrons. The molecule has 8 heteroatoms. The zero-order chi connectivity index (χ0) is 15.6. The molecule has 2 atom stereocenters. The number of nitro groups is 2. The number of non-ortho nitro benzene ring substituents is 2. The fraction of sp³-hybridized carbons (Fsp3) is 0.462. The molecular formula is C13H14N2O6. The molecule has 1 aromatic carbocycles. The van der Waals surface area contributed by atoms with Crippen LogP contribution in [0.4, 0.5) is 11.4 Å². The topological polar surface area (TPSA) is 113 Å². The first-order valence-corrected chi connectivity index (χ1v) is 6.51. The minimum absolute atomic E-state index is 0.171. The van der Waals surface area contributed by atoms with Crippen LogP contribution in [-0.4, -0.2) is 21.9 Å². The van der Waals surface area contributed by atoms with Gasteiger partial charge in [0, 0.05) is 12.1 Å². The van der Waals surface area contributed by atoms with Crippen LogP contribution in [0.3, 0.4) is 0 Å². The van der Waals surface area contributed by atoms with Crippen LogP contribution < -0.4 is 0 Å².